The molecule has 0 spiro atoms. The molecule has 0 atom stereocenters. The Balaban J connectivity index is 2.38. The molecule has 0 fully saturated rings. The fraction of sp³-hybridized carbons (Fsp3) is 0.500. The minimum atomic E-state index is -0.0773. The number of hydrogen-bond acceptors (Lipinski definition) is 3. The average Bonchev–Trinajstić information content (AvgIpc) is 2.13. The normalized spacial score (nSPS) is 11.8. The second kappa shape index (κ2) is 5.80. The number of hydrogen-bond donors (Lipinski definition) is 1. The predicted octanol–water partition coefficient (Wildman–Crippen LogP) is 3.83. The van der Waals surface area contributed by atoms with Crippen molar-refractivity contribution in [2.24, 2.45) is 0 Å². The van der Waals surface area contributed by atoms with Gasteiger partial charge < -0.3 is 10.5 Å². The lowest BCUT2D eigenvalue weighted by Gasteiger charge is -2.19. The van der Waals surface area contributed by atoms with E-state index in [1.54, 1.807) is 17.8 Å². The van der Waals surface area contributed by atoms with Crippen LogP contribution in [0.1, 0.15) is 20.8 Å². The van der Waals surface area contributed by atoms with Crippen LogP contribution in [-0.4, -0.2) is 18.0 Å². The zero-order chi connectivity index (χ0) is 12.2. The predicted molar refractivity (Wildman–Crippen MR) is 72.3 cm³/mol. The maximum Gasteiger partial charge on any atom is 0.0598 e. The van der Waals surface area contributed by atoms with Gasteiger partial charge in [0.2, 0.25) is 0 Å². The summed E-state index contributed by atoms with van der Waals surface area (Å²) in [4.78, 5) is 1.06. The van der Waals surface area contributed by atoms with Crippen LogP contribution in [0.15, 0.2) is 23.1 Å². The van der Waals surface area contributed by atoms with E-state index in [1.807, 2.05) is 32.9 Å². The molecule has 0 saturated heterocycles. The first kappa shape index (κ1) is 13.7. The molecule has 0 aliphatic carbocycles. The second-order valence-electron chi connectivity index (χ2n) is 4.49. The van der Waals surface area contributed by atoms with E-state index in [1.165, 1.54) is 0 Å². The maximum atomic E-state index is 5.84. The Morgan fingerprint density at radius 3 is 2.62 bits per heavy atom. The Hall–Kier alpha value is -0.380. The molecule has 16 heavy (non-hydrogen) atoms. The molecule has 2 N–H and O–H groups in total. The number of benzene rings is 1. The van der Waals surface area contributed by atoms with Gasteiger partial charge in [-0.05, 0) is 39.0 Å². The third-order valence-electron chi connectivity index (χ3n) is 1.85. The Morgan fingerprint density at radius 1 is 1.38 bits per heavy atom. The summed E-state index contributed by atoms with van der Waals surface area (Å²) < 4.78 is 5.63. The first-order valence-electron chi connectivity index (χ1n) is 5.20. The molecule has 0 bridgehead atoms. The van der Waals surface area contributed by atoms with Crippen LogP contribution in [0.2, 0.25) is 5.02 Å². The highest BCUT2D eigenvalue weighted by Crippen LogP contribution is 2.27. The van der Waals surface area contributed by atoms with Gasteiger partial charge in [-0.3, -0.25) is 0 Å². The molecule has 4 heteroatoms. The number of nitrogens with two attached hydrogens (primary N) is 1. The van der Waals surface area contributed by atoms with Crippen LogP contribution in [0.25, 0.3) is 0 Å². The molecule has 0 radical (unpaired) electrons. The fourth-order valence-corrected chi connectivity index (χ4v) is 2.11. The van der Waals surface area contributed by atoms with Crippen molar-refractivity contribution >= 4 is 29.1 Å². The number of thioether (sulfide) groups is 1. The highest BCUT2D eigenvalue weighted by atomic mass is 35.5. The minimum Gasteiger partial charge on any atom is -0.398 e. The van der Waals surface area contributed by atoms with Crippen molar-refractivity contribution in [3.8, 4) is 0 Å². The smallest absolute Gasteiger partial charge is 0.0598 e. The number of nitrogen functional groups attached to an aromatic ring is 1. The van der Waals surface area contributed by atoms with Gasteiger partial charge in [-0.15, -0.1) is 11.8 Å². The van der Waals surface area contributed by atoms with Crippen LogP contribution in [0, 0.1) is 0 Å². The first-order valence-corrected chi connectivity index (χ1v) is 6.56. The summed E-state index contributed by atoms with van der Waals surface area (Å²) in [5.41, 5.74) is 6.50. The van der Waals surface area contributed by atoms with Gasteiger partial charge in [0.15, 0.2) is 0 Å². The van der Waals surface area contributed by atoms with Crippen molar-refractivity contribution in [1.29, 1.82) is 0 Å². The third-order valence-corrected chi connectivity index (χ3v) is 3.14. The molecular formula is C12H18ClNOS. The lowest BCUT2D eigenvalue weighted by Crippen LogP contribution is -2.20. The summed E-state index contributed by atoms with van der Waals surface area (Å²) >= 11 is 7.51. The number of ether oxygens (including phenoxy) is 1. The summed E-state index contributed by atoms with van der Waals surface area (Å²) in [7, 11) is 0. The lowest BCUT2D eigenvalue weighted by molar-refractivity contribution is 0.00695. The summed E-state index contributed by atoms with van der Waals surface area (Å²) in [6.45, 7) is 6.87. The molecular weight excluding hydrogens is 242 g/mol. The molecule has 0 aromatic heterocycles. The van der Waals surface area contributed by atoms with Gasteiger partial charge in [-0.2, -0.15) is 0 Å². The van der Waals surface area contributed by atoms with Crippen molar-refractivity contribution < 1.29 is 4.74 Å². The monoisotopic (exact) mass is 259 g/mol. The summed E-state index contributed by atoms with van der Waals surface area (Å²) in [6.07, 6.45) is 0. The van der Waals surface area contributed by atoms with Gasteiger partial charge in [-0.25, -0.2) is 0 Å². The van der Waals surface area contributed by atoms with Gasteiger partial charge in [-0.1, -0.05) is 11.6 Å². The van der Waals surface area contributed by atoms with E-state index in [0.717, 1.165) is 22.9 Å². The SMILES string of the molecule is CC(C)(C)OCCSc1ccc(Cl)cc1N. The third kappa shape index (κ3) is 5.10. The molecule has 0 aliphatic heterocycles. The standard InChI is InChI=1S/C12H18ClNOS/c1-12(2,3)15-6-7-16-11-5-4-9(13)8-10(11)14/h4-5,8H,6-7,14H2,1-3H3. The van der Waals surface area contributed by atoms with Crippen molar-refractivity contribution in [3.05, 3.63) is 23.2 Å². The molecule has 2 nitrogen and oxygen atoms in total. The highest BCUT2D eigenvalue weighted by Gasteiger charge is 2.09. The largest absolute Gasteiger partial charge is 0.398 e. The number of halogens is 1. The van der Waals surface area contributed by atoms with Crippen LogP contribution in [0.5, 0.6) is 0 Å². The molecule has 1 rings (SSSR count). The van der Waals surface area contributed by atoms with Crippen LogP contribution in [0.4, 0.5) is 5.69 Å². The van der Waals surface area contributed by atoms with E-state index >= 15 is 0 Å². The number of rotatable bonds is 4. The van der Waals surface area contributed by atoms with Crippen molar-refractivity contribution in [1.82, 2.24) is 0 Å². The molecule has 0 heterocycles. The van der Waals surface area contributed by atoms with Crippen molar-refractivity contribution in [2.45, 2.75) is 31.3 Å². The number of anilines is 1. The van der Waals surface area contributed by atoms with E-state index in [0.29, 0.717) is 5.02 Å². The Morgan fingerprint density at radius 2 is 2.06 bits per heavy atom. The first-order chi connectivity index (χ1) is 7.38. The Kier molecular flexibility index (Phi) is 4.96. The summed E-state index contributed by atoms with van der Waals surface area (Å²) in [6, 6.07) is 5.57. The van der Waals surface area contributed by atoms with Gasteiger partial charge in [0.25, 0.3) is 0 Å². The van der Waals surface area contributed by atoms with E-state index in [4.69, 9.17) is 22.1 Å². The quantitative estimate of drug-likeness (QED) is 0.507. The van der Waals surface area contributed by atoms with Crippen molar-refractivity contribution in [2.75, 3.05) is 18.1 Å². The Bertz CT molecular complexity index is 349. The molecule has 1 aromatic carbocycles. The molecule has 0 aliphatic rings. The second-order valence-corrected chi connectivity index (χ2v) is 6.06. The topological polar surface area (TPSA) is 35.2 Å². The molecule has 0 saturated carbocycles. The molecule has 90 valence electrons. The lowest BCUT2D eigenvalue weighted by atomic mass is 10.2. The molecule has 1 aromatic rings. The van der Waals surface area contributed by atoms with Crippen LogP contribution >= 0.6 is 23.4 Å². The molecule has 0 amide bonds. The van der Waals surface area contributed by atoms with Gasteiger partial charge in [0, 0.05) is 21.4 Å². The van der Waals surface area contributed by atoms with Crippen molar-refractivity contribution in [3.63, 3.8) is 0 Å². The zero-order valence-corrected chi connectivity index (χ0v) is 11.5. The van der Waals surface area contributed by atoms with Crippen LogP contribution < -0.4 is 5.73 Å². The van der Waals surface area contributed by atoms with Crippen LogP contribution in [-0.2, 0) is 4.74 Å². The van der Waals surface area contributed by atoms with E-state index in [2.05, 4.69) is 0 Å². The van der Waals surface area contributed by atoms with Crippen LogP contribution in [0.3, 0.4) is 0 Å². The summed E-state index contributed by atoms with van der Waals surface area (Å²) in [5, 5.41) is 0.674. The Labute approximate surface area is 107 Å². The van der Waals surface area contributed by atoms with Gasteiger partial charge in [0.05, 0.1) is 12.2 Å². The molecule has 0 unspecified atom stereocenters. The maximum absolute atomic E-state index is 5.84. The fourth-order valence-electron chi connectivity index (χ4n) is 1.15. The van der Waals surface area contributed by atoms with E-state index in [-0.39, 0.29) is 5.60 Å². The minimum absolute atomic E-state index is 0.0773. The summed E-state index contributed by atoms with van der Waals surface area (Å²) in [5.74, 6) is 0.892. The highest BCUT2D eigenvalue weighted by molar-refractivity contribution is 7.99. The van der Waals surface area contributed by atoms with Gasteiger partial charge >= 0.3 is 0 Å². The van der Waals surface area contributed by atoms with Gasteiger partial charge in [0.1, 0.15) is 0 Å². The van der Waals surface area contributed by atoms with E-state index in [9.17, 15) is 0 Å². The average molecular weight is 260 g/mol. The van der Waals surface area contributed by atoms with E-state index < -0.39 is 0 Å². The zero-order valence-electron chi connectivity index (χ0n) is 9.92.